The van der Waals surface area contributed by atoms with Gasteiger partial charge in [-0.1, -0.05) is 11.8 Å². The van der Waals surface area contributed by atoms with Crippen LogP contribution in [0.1, 0.15) is 53.4 Å². The molecule has 1 rings (SSSR count). The first-order valence-corrected chi connectivity index (χ1v) is 8.72. The minimum absolute atomic E-state index is 0.00434. The van der Waals surface area contributed by atoms with Gasteiger partial charge in [-0.2, -0.15) is 0 Å². The van der Waals surface area contributed by atoms with Gasteiger partial charge < -0.3 is 4.74 Å². The molecule has 0 aromatic heterocycles. The predicted octanol–water partition coefficient (Wildman–Crippen LogP) is 3.65. The first-order chi connectivity index (χ1) is 8.78. The zero-order valence-corrected chi connectivity index (χ0v) is 13.9. The lowest BCUT2D eigenvalue weighted by molar-refractivity contribution is -0.154. The van der Waals surface area contributed by atoms with Gasteiger partial charge in [0, 0.05) is 17.9 Å². The Labute approximate surface area is 124 Å². The Morgan fingerprint density at radius 2 is 2.00 bits per heavy atom. The Balaban J connectivity index is 2.22. The Bertz CT molecular complexity index is 323. The summed E-state index contributed by atoms with van der Waals surface area (Å²) in [5.74, 6) is 0.821. The number of carbonyl (C=O) groups is 2. The lowest BCUT2D eigenvalue weighted by Gasteiger charge is -2.21. The molecule has 0 bridgehead atoms. The van der Waals surface area contributed by atoms with Crippen LogP contribution in [0.2, 0.25) is 0 Å². The van der Waals surface area contributed by atoms with Crippen molar-refractivity contribution in [2.75, 3.05) is 5.75 Å². The van der Waals surface area contributed by atoms with Gasteiger partial charge in [0.25, 0.3) is 0 Å². The topological polar surface area (TPSA) is 43.4 Å². The maximum Gasteiger partial charge on any atom is 0.319 e. The Morgan fingerprint density at radius 3 is 2.58 bits per heavy atom. The first kappa shape index (κ1) is 16.9. The second kappa shape index (κ2) is 7.58. The highest BCUT2D eigenvalue weighted by Crippen LogP contribution is 2.37. The predicted molar refractivity (Wildman–Crippen MR) is 82.6 cm³/mol. The maximum absolute atomic E-state index is 11.9. The average Bonchev–Trinajstić information content (AvgIpc) is 2.70. The number of carbonyl (C=O) groups excluding carboxylic acids is 2. The van der Waals surface area contributed by atoms with Crippen molar-refractivity contribution >= 4 is 34.6 Å². The number of ether oxygens (including phenoxy) is 1. The van der Waals surface area contributed by atoms with Crippen molar-refractivity contribution in [3.05, 3.63) is 0 Å². The third kappa shape index (κ3) is 7.25. The standard InChI is InChI=1S/C14H24O3S2/c1-10(15)18-9-5-6-11-7-8-12(19-11)13(16)17-14(2,3)4/h11-12H,5-9H2,1-4H3. The summed E-state index contributed by atoms with van der Waals surface area (Å²) in [6.07, 6.45) is 4.14. The highest BCUT2D eigenvalue weighted by molar-refractivity contribution is 8.13. The zero-order valence-electron chi connectivity index (χ0n) is 12.2. The molecule has 0 spiro atoms. The molecular formula is C14H24O3S2. The molecule has 1 fully saturated rings. The largest absolute Gasteiger partial charge is 0.459 e. The van der Waals surface area contributed by atoms with E-state index in [1.165, 1.54) is 11.8 Å². The third-order valence-electron chi connectivity index (χ3n) is 2.75. The number of rotatable bonds is 5. The van der Waals surface area contributed by atoms with Crippen LogP contribution in [0.15, 0.2) is 0 Å². The van der Waals surface area contributed by atoms with Gasteiger partial charge >= 0.3 is 5.97 Å². The molecule has 0 aromatic carbocycles. The molecular weight excluding hydrogens is 280 g/mol. The molecule has 0 radical (unpaired) electrons. The fraction of sp³-hybridized carbons (Fsp3) is 0.857. The highest BCUT2D eigenvalue weighted by atomic mass is 32.2. The van der Waals surface area contributed by atoms with Crippen LogP contribution in [0.5, 0.6) is 0 Å². The van der Waals surface area contributed by atoms with Crippen LogP contribution in [0.3, 0.4) is 0 Å². The molecule has 19 heavy (non-hydrogen) atoms. The summed E-state index contributed by atoms with van der Waals surface area (Å²) in [5.41, 5.74) is -0.395. The van der Waals surface area contributed by atoms with Gasteiger partial charge in [0.2, 0.25) is 0 Å². The number of hydrogen-bond donors (Lipinski definition) is 0. The molecule has 1 heterocycles. The van der Waals surface area contributed by atoms with Crippen LogP contribution in [0, 0.1) is 0 Å². The van der Waals surface area contributed by atoms with Crippen molar-refractivity contribution in [3.8, 4) is 0 Å². The summed E-state index contributed by atoms with van der Waals surface area (Å²) >= 11 is 3.14. The van der Waals surface area contributed by atoms with Crippen molar-refractivity contribution in [2.45, 2.75) is 69.5 Å². The minimum Gasteiger partial charge on any atom is -0.459 e. The Kier molecular flexibility index (Phi) is 6.74. The van der Waals surface area contributed by atoms with Gasteiger partial charge in [0.1, 0.15) is 10.9 Å². The van der Waals surface area contributed by atoms with E-state index < -0.39 is 5.60 Å². The normalized spacial score (nSPS) is 23.4. The molecule has 0 N–H and O–H groups in total. The molecule has 3 nitrogen and oxygen atoms in total. The molecule has 0 saturated carbocycles. The van der Waals surface area contributed by atoms with E-state index in [4.69, 9.17) is 4.74 Å². The molecule has 1 saturated heterocycles. The lowest BCUT2D eigenvalue weighted by Crippen LogP contribution is -2.29. The van der Waals surface area contributed by atoms with E-state index in [0.717, 1.165) is 31.4 Å². The lowest BCUT2D eigenvalue weighted by atomic mass is 10.1. The van der Waals surface area contributed by atoms with Crippen molar-refractivity contribution in [2.24, 2.45) is 0 Å². The summed E-state index contributed by atoms with van der Waals surface area (Å²) in [5, 5.41) is 0.737. The van der Waals surface area contributed by atoms with Gasteiger partial charge in [-0.05, 0) is 46.5 Å². The molecule has 2 unspecified atom stereocenters. The fourth-order valence-corrected chi connectivity index (χ4v) is 4.06. The van der Waals surface area contributed by atoms with Crippen LogP contribution in [0.25, 0.3) is 0 Å². The SMILES string of the molecule is CC(=O)SCCCC1CCC(C(=O)OC(C)(C)C)S1. The zero-order chi connectivity index (χ0) is 14.5. The Morgan fingerprint density at radius 1 is 1.32 bits per heavy atom. The van der Waals surface area contributed by atoms with E-state index in [1.807, 2.05) is 20.8 Å². The minimum atomic E-state index is -0.395. The van der Waals surface area contributed by atoms with Crippen molar-refractivity contribution in [1.29, 1.82) is 0 Å². The summed E-state index contributed by atoms with van der Waals surface area (Å²) in [6.45, 7) is 7.32. The molecule has 1 aliphatic heterocycles. The van der Waals surface area contributed by atoms with Gasteiger partial charge in [0.15, 0.2) is 5.12 Å². The quantitative estimate of drug-likeness (QED) is 0.573. The fourth-order valence-electron chi connectivity index (χ4n) is 1.99. The first-order valence-electron chi connectivity index (χ1n) is 6.79. The van der Waals surface area contributed by atoms with E-state index >= 15 is 0 Å². The number of hydrogen-bond acceptors (Lipinski definition) is 5. The monoisotopic (exact) mass is 304 g/mol. The van der Waals surface area contributed by atoms with Crippen molar-refractivity contribution < 1.29 is 14.3 Å². The van der Waals surface area contributed by atoms with Crippen molar-refractivity contribution in [1.82, 2.24) is 0 Å². The van der Waals surface area contributed by atoms with Crippen LogP contribution >= 0.6 is 23.5 Å². The van der Waals surface area contributed by atoms with Crippen molar-refractivity contribution in [3.63, 3.8) is 0 Å². The highest BCUT2D eigenvalue weighted by Gasteiger charge is 2.33. The molecule has 0 aliphatic carbocycles. The van der Waals surface area contributed by atoms with Gasteiger partial charge in [-0.15, -0.1) is 11.8 Å². The summed E-state index contributed by atoms with van der Waals surface area (Å²) in [4.78, 5) is 22.7. The number of thioether (sulfide) groups is 2. The van der Waals surface area contributed by atoms with E-state index in [0.29, 0.717) is 5.25 Å². The molecule has 0 aromatic rings. The maximum atomic E-state index is 11.9. The smallest absolute Gasteiger partial charge is 0.319 e. The van der Waals surface area contributed by atoms with E-state index in [2.05, 4.69) is 0 Å². The van der Waals surface area contributed by atoms with Crippen LogP contribution in [-0.2, 0) is 14.3 Å². The number of esters is 1. The second-order valence-electron chi connectivity index (χ2n) is 5.84. The molecule has 5 heteroatoms. The van der Waals surface area contributed by atoms with E-state index in [1.54, 1.807) is 18.7 Å². The summed E-state index contributed by atoms with van der Waals surface area (Å²) < 4.78 is 5.42. The summed E-state index contributed by atoms with van der Waals surface area (Å²) in [7, 11) is 0. The van der Waals surface area contributed by atoms with Crippen LogP contribution in [0.4, 0.5) is 0 Å². The summed E-state index contributed by atoms with van der Waals surface area (Å²) in [6, 6.07) is 0. The van der Waals surface area contributed by atoms with Crippen LogP contribution < -0.4 is 0 Å². The molecule has 0 amide bonds. The van der Waals surface area contributed by atoms with Gasteiger partial charge in [-0.3, -0.25) is 9.59 Å². The van der Waals surface area contributed by atoms with E-state index in [9.17, 15) is 9.59 Å². The average molecular weight is 304 g/mol. The molecule has 110 valence electrons. The third-order valence-corrected chi connectivity index (χ3v) is 5.27. The second-order valence-corrected chi connectivity index (χ2v) is 8.62. The van der Waals surface area contributed by atoms with Gasteiger partial charge in [-0.25, -0.2) is 0 Å². The Hall–Kier alpha value is -0.160. The molecule has 2 atom stereocenters. The van der Waals surface area contributed by atoms with E-state index in [-0.39, 0.29) is 16.3 Å². The van der Waals surface area contributed by atoms with Crippen LogP contribution in [-0.4, -0.2) is 32.9 Å². The van der Waals surface area contributed by atoms with Gasteiger partial charge in [0.05, 0.1) is 0 Å². The molecule has 1 aliphatic rings.